The molecule has 0 atom stereocenters. The van der Waals surface area contributed by atoms with Gasteiger partial charge in [0.15, 0.2) is 0 Å². The van der Waals surface area contributed by atoms with E-state index in [0.717, 1.165) is 23.2 Å². The maximum Gasteiger partial charge on any atom is 0.267 e. The Morgan fingerprint density at radius 2 is 2.38 bits per heavy atom. The van der Waals surface area contributed by atoms with E-state index < -0.39 is 0 Å². The van der Waals surface area contributed by atoms with Gasteiger partial charge in [-0.2, -0.15) is 0 Å². The molecule has 0 radical (unpaired) electrons. The standard InChI is InChI=1S/C15H19BrN2O3/c1-2-18-10-12(16)9-14(18)15(19)17-6-4-7-20-11-13-5-3-8-21-13/h3,5,8-10H,2,4,6-7,11H2,1H3,(H,17,19). The predicted octanol–water partition coefficient (Wildman–Crippen LogP) is 3.20. The zero-order valence-electron chi connectivity index (χ0n) is 12.0. The van der Waals surface area contributed by atoms with Gasteiger partial charge in [0.05, 0.1) is 6.26 Å². The number of ether oxygens (including phenoxy) is 1. The molecule has 2 aromatic heterocycles. The number of hydrogen-bond acceptors (Lipinski definition) is 3. The number of nitrogens with one attached hydrogen (secondary N) is 1. The molecule has 0 aliphatic heterocycles. The predicted molar refractivity (Wildman–Crippen MR) is 83.1 cm³/mol. The van der Waals surface area contributed by atoms with Crippen molar-refractivity contribution in [3.05, 3.63) is 46.6 Å². The number of carbonyl (C=O) groups is 1. The fraction of sp³-hybridized carbons (Fsp3) is 0.400. The van der Waals surface area contributed by atoms with Gasteiger partial charge in [-0.3, -0.25) is 4.79 Å². The molecule has 0 aliphatic rings. The van der Waals surface area contributed by atoms with Gasteiger partial charge in [-0.1, -0.05) is 0 Å². The summed E-state index contributed by atoms with van der Waals surface area (Å²) in [6, 6.07) is 5.53. The second kappa shape index (κ2) is 8.05. The van der Waals surface area contributed by atoms with Crippen molar-refractivity contribution in [1.29, 1.82) is 0 Å². The molecule has 0 aliphatic carbocycles. The Kier molecular flexibility index (Phi) is 6.07. The zero-order chi connectivity index (χ0) is 15.1. The van der Waals surface area contributed by atoms with Crippen LogP contribution in [0.5, 0.6) is 0 Å². The normalized spacial score (nSPS) is 10.8. The molecular weight excluding hydrogens is 336 g/mol. The Balaban J connectivity index is 1.65. The number of furan rings is 1. The molecule has 0 bridgehead atoms. The Morgan fingerprint density at radius 3 is 3.10 bits per heavy atom. The number of hydrogen-bond donors (Lipinski definition) is 1. The Labute approximate surface area is 132 Å². The molecule has 0 unspecified atom stereocenters. The first-order valence-electron chi connectivity index (χ1n) is 6.94. The second-order valence-corrected chi connectivity index (χ2v) is 5.49. The maximum absolute atomic E-state index is 12.0. The van der Waals surface area contributed by atoms with E-state index in [0.29, 0.717) is 25.5 Å². The second-order valence-electron chi connectivity index (χ2n) is 4.57. The van der Waals surface area contributed by atoms with Gasteiger partial charge in [-0.15, -0.1) is 0 Å². The zero-order valence-corrected chi connectivity index (χ0v) is 13.6. The number of nitrogens with zero attached hydrogens (tertiary/aromatic N) is 1. The topological polar surface area (TPSA) is 56.4 Å². The Bertz CT molecular complexity index is 563. The van der Waals surface area contributed by atoms with Crippen molar-refractivity contribution in [3.63, 3.8) is 0 Å². The van der Waals surface area contributed by atoms with E-state index in [1.165, 1.54) is 0 Å². The highest BCUT2D eigenvalue weighted by Gasteiger charge is 2.11. The van der Waals surface area contributed by atoms with Crippen LogP contribution in [0, 0.1) is 0 Å². The van der Waals surface area contributed by atoms with Crippen LogP contribution in [-0.4, -0.2) is 23.6 Å². The van der Waals surface area contributed by atoms with E-state index in [-0.39, 0.29) is 5.91 Å². The van der Waals surface area contributed by atoms with Gasteiger partial charge in [-0.05, 0) is 47.5 Å². The number of amides is 1. The molecule has 1 amide bonds. The van der Waals surface area contributed by atoms with E-state index in [1.54, 1.807) is 6.26 Å². The molecule has 0 saturated heterocycles. The van der Waals surface area contributed by atoms with Crippen LogP contribution in [0.15, 0.2) is 39.5 Å². The molecule has 2 heterocycles. The monoisotopic (exact) mass is 354 g/mol. The number of halogens is 1. The molecule has 2 rings (SSSR count). The van der Waals surface area contributed by atoms with Gasteiger partial charge in [-0.25, -0.2) is 0 Å². The lowest BCUT2D eigenvalue weighted by atomic mass is 10.3. The average molecular weight is 355 g/mol. The van der Waals surface area contributed by atoms with E-state index in [9.17, 15) is 4.79 Å². The van der Waals surface area contributed by atoms with Gasteiger partial charge < -0.3 is 19.0 Å². The number of rotatable bonds is 8. The minimum absolute atomic E-state index is 0.0615. The molecule has 1 N–H and O–H groups in total. The van der Waals surface area contributed by atoms with Crippen LogP contribution in [0.25, 0.3) is 0 Å². The van der Waals surface area contributed by atoms with Crippen LogP contribution in [0.2, 0.25) is 0 Å². The first-order chi connectivity index (χ1) is 10.2. The third-order valence-electron chi connectivity index (χ3n) is 3.01. The number of aryl methyl sites for hydroxylation is 1. The molecule has 5 nitrogen and oxygen atoms in total. The molecule has 21 heavy (non-hydrogen) atoms. The van der Waals surface area contributed by atoms with Crippen molar-refractivity contribution in [2.75, 3.05) is 13.2 Å². The number of carbonyl (C=O) groups excluding carboxylic acids is 1. The minimum Gasteiger partial charge on any atom is -0.467 e. The molecule has 6 heteroatoms. The lowest BCUT2D eigenvalue weighted by Gasteiger charge is -2.07. The molecular formula is C15H19BrN2O3. The van der Waals surface area contributed by atoms with Crippen LogP contribution in [0.1, 0.15) is 29.6 Å². The van der Waals surface area contributed by atoms with Crippen molar-refractivity contribution in [2.45, 2.75) is 26.5 Å². The fourth-order valence-electron chi connectivity index (χ4n) is 1.96. The highest BCUT2D eigenvalue weighted by Crippen LogP contribution is 2.14. The highest BCUT2D eigenvalue weighted by atomic mass is 79.9. The molecule has 0 saturated carbocycles. The third kappa shape index (κ3) is 4.75. The van der Waals surface area contributed by atoms with Crippen LogP contribution in [0.3, 0.4) is 0 Å². The van der Waals surface area contributed by atoms with Crippen LogP contribution >= 0.6 is 15.9 Å². The average Bonchev–Trinajstić information content (AvgIpc) is 3.11. The van der Waals surface area contributed by atoms with E-state index in [1.807, 2.05) is 35.9 Å². The summed E-state index contributed by atoms with van der Waals surface area (Å²) in [6.07, 6.45) is 4.29. The van der Waals surface area contributed by atoms with E-state index in [2.05, 4.69) is 21.2 Å². The molecule has 0 fully saturated rings. The summed E-state index contributed by atoms with van der Waals surface area (Å²) in [5.74, 6) is 0.748. The summed E-state index contributed by atoms with van der Waals surface area (Å²) in [5, 5.41) is 2.90. The fourth-order valence-corrected chi connectivity index (χ4v) is 2.42. The smallest absolute Gasteiger partial charge is 0.267 e. The van der Waals surface area contributed by atoms with Crippen molar-refractivity contribution in [2.24, 2.45) is 0 Å². The van der Waals surface area contributed by atoms with Gasteiger partial charge in [0.1, 0.15) is 18.1 Å². The Morgan fingerprint density at radius 1 is 1.52 bits per heavy atom. The first-order valence-corrected chi connectivity index (χ1v) is 7.74. The van der Waals surface area contributed by atoms with Gasteiger partial charge >= 0.3 is 0 Å². The largest absolute Gasteiger partial charge is 0.467 e. The summed E-state index contributed by atoms with van der Waals surface area (Å²) in [6.45, 7) is 4.40. The first kappa shape index (κ1) is 15.9. The molecule has 0 aromatic carbocycles. The Hall–Kier alpha value is -1.53. The lowest BCUT2D eigenvalue weighted by molar-refractivity contribution is 0.0909. The SMILES string of the molecule is CCn1cc(Br)cc1C(=O)NCCCOCc1ccco1. The van der Waals surface area contributed by atoms with Crippen LogP contribution in [0.4, 0.5) is 0 Å². The van der Waals surface area contributed by atoms with Gasteiger partial charge in [0.2, 0.25) is 0 Å². The van der Waals surface area contributed by atoms with E-state index >= 15 is 0 Å². The minimum atomic E-state index is -0.0615. The maximum atomic E-state index is 12.0. The highest BCUT2D eigenvalue weighted by molar-refractivity contribution is 9.10. The molecule has 2 aromatic rings. The summed E-state index contributed by atoms with van der Waals surface area (Å²) in [5.41, 5.74) is 0.667. The third-order valence-corrected chi connectivity index (χ3v) is 3.45. The van der Waals surface area contributed by atoms with Crippen molar-refractivity contribution in [1.82, 2.24) is 9.88 Å². The van der Waals surface area contributed by atoms with Crippen LogP contribution < -0.4 is 5.32 Å². The summed E-state index contributed by atoms with van der Waals surface area (Å²) in [7, 11) is 0. The van der Waals surface area contributed by atoms with Gasteiger partial charge in [0.25, 0.3) is 5.91 Å². The molecule has 114 valence electrons. The van der Waals surface area contributed by atoms with E-state index in [4.69, 9.17) is 9.15 Å². The quantitative estimate of drug-likeness (QED) is 0.740. The van der Waals surface area contributed by atoms with Crippen LogP contribution in [-0.2, 0) is 17.9 Å². The lowest BCUT2D eigenvalue weighted by Crippen LogP contribution is -2.27. The number of aromatic nitrogens is 1. The van der Waals surface area contributed by atoms with Crippen molar-refractivity contribution < 1.29 is 13.9 Å². The molecule has 0 spiro atoms. The van der Waals surface area contributed by atoms with Crippen molar-refractivity contribution in [3.8, 4) is 0 Å². The summed E-state index contributed by atoms with van der Waals surface area (Å²) >= 11 is 3.38. The summed E-state index contributed by atoms with van der Waals surface area (Å²) < 4.78 is 13.4. The summed E-state index contributed by atoms with van der Waals surface area (Å²) in [4.78, 5) is 12.0. The van der Waals surface area contributed by atoms with Crippen molar-refractivity contribution >= 4 is 21.8 Å². The van der Waals surface area contributed by atoms with Gasteiger partial charge in [0, 0.05) is 30.4 Å².